The first-order chi connectivity index (χ1) is 16.6. The molecular weight excluding hydrogens is 486 g/mol. The van der Waals surface area contributed by atoms with Gasteiger partial charge in [-0.25, -0.2) is 16.8 Å². The highest BCUT2D eigenvalue weighted by atomic mass is 32.2. The molecule has 0 fully saturated rings. The van der Waals surface area contributed by atoms with Gasteiger partial charge in [-0.3, -0.25) is 9.52 Å². The third kappa shape index (κ3) is 5.08. The van der Waals surface area contributed by atoms with Crippen LogP contribution in [-0.2, 0) is 19.9 Å². The second-order valence-corrected chi connectivity index (χ2v) is 11.8. The summed E-state index contributed by atoms with van der Waals surface area (Å²) in [5, 5.41) is 3.65. The quantitative estimate of drug-likeness (QED) is 0.327. The van der Waals surface area contributed by atoms with E-state index in [1.807, 2.05) is 31.2 Å². The van der Waals surface area contributed by atoms with E-state index in [0.717, 1.165) is 23.6 Å². The molecule has 0 saturated carbocycles. The molecule has 10 heteroatoms. The van der Waals surface area contributed by atoms with Gasteiger partial charge in [0.2, 0.25) is 0 Å². The number of sulfone groups is 1. The largest absolute Gasteiger partial charge is 0.351 e. The summed E-state index contributed by atoms with van der Waals surface area (Å²) in [4.78, 5) is 16.1. The topological polar surface area (TPSA) is 125 Å². The zero-order valence-corrected chi connectivity index (χ0v) is 20.8. The summed E-state index contributed by atoms with van der Waals surface area (Å²) in [6, 6.07) is 19.3. The molecule has 3 aromatic carbocycles. The fraction of sp³-hybridized carbons (Fsp3) is 0.160. The van der Waals surface area contributed by atoms with Crippen molar-refractivity contribution in [2.24, 2.45) is 0 Å². The van der Waals surface area contributed by atoms with E-state index in [9.17, 15) is 21.6 Å². The number of hydrogen-bond donors (Lipinski definition) is 3. The van der Waals surface area contributed by atoms with Crippen LogP contribution in [0.4, 0.5) is 5.69 Å². The molecule has 0 radical (unpaired) electrons. The van der Waals surface area contributed by atoms with Crippen LogP contribution in [0.15, 0.2) is 82.6 Å². The van der Waals surface area contributed by atoms with Crippen molar-refractivity contribution >= 4 is 42.4 Å². The third-order valence-electron chi connectivity index (χ3n) is 5.47. The van der Waals surface area contributed by atoms with Gasteiger partial charge < -0.3 is 10.3 Å². The minimum atomic E-state index is -4.05. The number of amides is 1. The fourth-order valence-electron chi connectivity index (χ4n) is 3.78. The smallest absolute Gasteiger partial charge is 0.268 e. The maximum absolute atomic E-state index is 13.2. The van der Waals surface area contributed by atoms with E-state index < -0.39 is 19.9 Å². The summed E-state index contributed by atoms with van der Waals surface area (Å²) in [5.74, 6) is -0.285. The average molecular weight is 512 g/mol. The zero-order valence-electron chi connectivity index (χ0n) is 19.2. The molecular formula is C25H25N3O5S2. The summed E-state index contributed by atoms with van der Waals surface area (Å²) in [6.45, 7) is 2.46. The highest BCUT2D eigenvalue weighted by Crippen LogP contribution is 2.37. The van der Waals surface area contributed by atoms with Crippen LogP contribution in [0.25, 0.3) is 22.0 Å². The maximum Gasteiger partial charge on any atom is 0.268 e. The lowest BCUT2D eigenvalue weighted by Crippen LogP contribution is -2.25. The Morgan fingerprint density at radius 3 is 2.17 bits per heavy atom. The summed E-state index contributed by atoms with van der Waals surface area (Å²) in [7, 11) is -7.50. The lowest BCUT2D eigenvalue weighted by molar-refractivity contribution is 0.0950. The first-order valence-corrected chi connectivity index (χ1v) is 14.3. The van der Waals surface area contributed by atoms with Crippen molar-refractivity contribution in [3.8, 4) is 11.1 Å². The van der Waals surface area contributed by atoms with E-state index in [4.69, 9.17) is 0 Å². The number of carbonyl (C=O) groups is 1. The van der Waals surface area contributed by atoms with Crippen LogP contribution in [0, 0.1) is 0 Å². The number of H-pyrrole nitrogens is 1. The molecule has 1 heterocycles. The van der Waals surface area contributed by atoms with Gasteiger partial charge in [0.15, 0.2) is 9.84 Å². The van der Waals surface area contributed by atoms with Gasteiger partial charge >= 0.3 is 0 Å². The zero-order chi connectivity index (χ0) is 25.2. The van der Waals surface area contributed by atoms with Crippen LogP contribution < -0.4 is 10.0 Å². The van der Waals surface area contributed by atoms with Gasteiger partial charge in [0.1, 0.15) is 5.69 Å². The molecule has 1 amide bonds. The Labute approximate surface area is 204 Å². The number of sulfonamides is 1. The Hall–Kier alpha value is -3.63. The number of fused-ring (bicyclic) bond motifs is 1. The molecule has 0 bridgehead atoms. The molecule has 0 atom stereocenters. The third-order valence-corrected chi connectivity index (χ3v) is 7.98. The number of aromatic amines is 1. The number of rotatable bonds is 8. The number of nitrogens with one attached hydrogen (secondary N) is 3. The predicted molar refractivity (Wildman–Crippen MR) is 137 cm³/mol. The number of hydrogen-bond acceptors (Lipinski definition) is 5. The minimum Gasteiger partial charge on any atom is -0.351 e. The second-order valence-electron chi connectivity index (χ2n) is 8.07. The Morgan fingerprint density at radius 1 is 0.857 bits per heavy atom. The Morgan fingerprint density at radius 2 is 1.49 bits per heavy atom. The number of carbonyl (C=O) groups excluding carboxylic acids is 1. The molecule has 35 heavy (non-hydrogen) atoms. The van der Waals surface area contributed by atoms with E-state index in [-0.39, 0.29) is 21.4 Å². The van der Waals surface area contributed by atoms with Gasteiger partial charge in [-0.15, -0.1) is 0 Å². The van der Waals surface area contributed by atoms with E-state index in [1.165, 1.54) is 24.3 Å². The SMILES string of the molecule is CCCNC(=O)c1[nH]c2ccccc2c1-c1ccccc1NS(=O)(=O)c1ccc(S(C)(=O)=O)cc1. The average Bonchev–Trinajstić information content (AvgIpc) is 3.22. The molecule has 1 aromatic heterocycles. The molecule has 3 N–H and O–H groups in total. The molecule has 8 nitrogen and oxygen atoms in total. The van der Waals surface area contributed by atoms with Crippen LogP contribution in [0.2, 0.25) is 0 Å². The van der Waals surface area contributed by atoms with Gasteiger partial charge in [-0.05, 0) is 42.8 Å². The molecule has 182 valence electrons. The standard InChI is InChI=1S/C25H25N3O5S2/c1-3-16-26-25(29)24-23(19-8-4-6-10-21(19)27-24)20-9-5-7-11-22(20)28-35(32,33)18-14-12-17(13-15-18)34(2,30)31/h4-15,27-28H,3,16H2,1-2H3,(H,26,29). The van der Waals surface area contributed by atoms with Crippen molar-refractivity contribution in [2.45, 2.75) is 23.1 Å². The molecule has 0 aliphatic rings. The summed E-state index contributed by atoms with van der Waals surface area (Å²) in [5.41, 5.74) is 2.49. The van der Waals surface area contributed by atoms with Crippen LogP contribution in [0.5, 0.6) is 0 Å². The van der Waals surface area contributed by atoms with Crippen LogP contribution in [-0.4, -0.2) is 40.5 Å². The van der Waals surface area contributed by atoms with Gasteiger partial charge in [-0.1, -0.05) is 43.3 Å². The van der Waals surface area contributed by atoms with Gasteiger partial charge in [0, 0.05) is 34.8 Å². The summed E-state index contributed by atoms with van der Waals surface area (Å²) >= 11 is 0. The monoisotopic (exact) mass is 511 g/mol. The van der Waals surface area contributed by atoms with Crippen molar-refractivity contribution in [3.63, 3.8) is 0 Å². The van der Waals surface area contributed by atoms with Crippen molar-refractivity contribution in [3.05, 3.63) is 78.5 Å². The fourth-order valence-corrected chi connectivity index (χ4v) is 5.49. The van der Waals surface area contributed by atoms with Crippen LogP contribution in [0.1, 0.15) is 23.8 Å². The Kier molecular flexibility index (Phi) is 6.68. The number of anilines is 1. The maximum atomic E-state index is 13.2. The number of aromatic nitrogens is 1. The summed E-state index contributed by atoms with van der Waals surface area (Å²) in [6.07, 6.45) is 1.83. The Balaban J connectivity index is 1.80. The predicted octanol–water partition coefficient (Wildman–Crippen LogP) is 4.18. The lowest BCUT2D eigenvalue weighted by Gasteiger charge is -2.14. The second kappa shape index (κ2) is 9.55. The molecule has 0 aliphatic heterocycles. The first-order valence-electron chi connectivity index (χ1n) is 10.9. The molecule has 0 unspecified atom stereocenters. The minimum absolute atomic E-state index is 0.0263. The molecule has 0 aliphatic carbocycles. The van der Waals surface area contributed by atoms with Gasteiger partial charge in [0.25, 0.3) is 15.9 Å². The van der Waals surface area contributed by atoms with Crippen molar-refractivity contribution in [2.75, 3.05) is 17.5 Å². The van der Waals surface area contributed by atoms with Crippen molar-refractivity contribution in [1.82, 2.24) is 10.3 Å². The van der Waals surface area contributed by atoms with E-state index >= 15 is 0 Å². The number of benzene rings is 3. The van der Waals surface area contributed by atoms with Gasteiger partial charge in [0.05, 0.1) is 15.5 Å². The highest BCUT2D eigenvalue weighted by molar-refractivity contribution is 7.92. The molecule has 0 saturated heterocycles. The summed E-state index contributed by atoms with van der Waals surface area (Å²) < 4.78 is 52.4. The van der Waals surface area contributed by atoms with Crippen LogP contribution in [0.3, 0.4) is 0 Å². The van der Waals surface area contributed by atoms with Gasteiger partial charge in [-0.2, -0.15) is 0 Å². The van der Waals surface area contributed by atoms with E-state index in [1.54, 1.807) is 24.3 Å². The molecule has 4 aromatic rings. The van der Waals surface area contributed by atoms with Crippen LogP contribution >= 0.6 is 0 Å². The normalized spacial score (nSPS) is 11.9. The highest BCUT2D eigenvalue weighted by Gasteiger charge is 2.23. The first kappa shape index (κ1) is 24.5. The van der Waals surface area contributed by atoms with E-state index in [0.29, 0.717) is 23.4 Å². The molecule has 0 spiro atoms. The number of para-hydroxylation sites is 2. The lowest BCUT2D eigenvalue weighted by atomic mass is 10.00. The Bertz CT molecular complexity index is 1610. The molecule has 4 rings (SSSR count). The van der Waals surface area contributed by atoms with Crippen molar-refractivity contribution < 1.29 is 21.6 Å². The van der Waals surface area contributed by atoms with Crippen molar-refractivity contribution in [1.29, 1.82) is 0 Å². The van der Waals surface area contributed by atoms with E-state index in [2.05, 4.69) is 15.0 Å².